The molecule has 3 heterocycles. The second-order valence-corrected chi connectivity index (χ2v) is 9.27. The lowest BCUT2D eigenvalue weighted by Gasteiger charge is -2.32. The molecule has 2 aromatic heterocycles. The first-order chi connectivity index (χ1) is 16.2. The van der Waals surface area contributed by atoms with Crippen molar-refractivity contribution in [2.24, 2.45) is 0 Å². The molecule has 33 heavy (non-hydrogen) atoms. The molecule has 5 rings (SSSR count). The molecule has 0 fully saturated rings. The molecule has 0 atom stereocenters. The van der Waals surface area contributed by atoms with Crippen LogP contribution in [0.5, 0.6) is 0 Å². The number of hydrogen-bond acceptors (Lipinski definition) is 8. The standard InChI is InChI=1S/C24H21N5O2S2/c1-3-31-23(30)20-15(2)29(18-11-7-8-12-19(18)33-20)22-17-13-25-28-21(17)26-24(27-22)32-14-16-9-5-4-6-10-16/h4-13H,3,14H2,1-2H3,(H,25,26,27,28). The fourth-order valence-corrected chi connectivity index (χ4v) is 5.42. The second-order valence-electron chi connectivity index (χ2n) is 7.28. The van der Waals surface area contributed by atoms with Crippen molar-refractivity contribution in [2.45, 2.75) is 29.7 Å². The third kappa shape index (κ3) is 4.21. The average Bonchev–Trinajstić information content (AvgIpc) is 3.32. The molecule has 0 aliphatic carbocycles. The largest absolute Gasteiger partial charge is 0.462 e. The van der Waals surface area contributed by atoms with Crippen LogP contribution in [0.4, 0.5) is 11.5 Å². The smallest absolute Gasteiger partial charge is 0.346 e. The number of allylic oxidation sites excluding steroid dienone is 1. The van der Waals surface area contributed by atoms with Gasteiger partial charge < -0.3 is 4.74 Å². The lowest BCUT2D eigenvalue weighted by atomic mass is 10.2. The molecule has 0 amide bonds. The molecule has 0 radical (unpaired) electrons. The van der Waals surface area contributed by atoms with Gasteiger partial charge in [-0.3, -0.25) is 10.00 Å². The second kappa shape index (κ2) is 9.29. The summed E-state index contributed by atoms with van der Waals surface area (Å²) in [5.74, 6) is 1.09. The van der Waals surface area contributed by atoms with E-state index in [0.29, 0.717) is 28.1 Å². The number of ether oxygens (including phenoxy) is 1. The highest BCUT2D eigenvalue weighted by Crippen LogP contribution is 2.47. The molecule has 0 saturated heterocycles. The van der Waals surface area contributed by atoms with Crippen LogP contribution in [0.15, 0.2) is 81.4 Å². The fourth-order valence-electron chi connectivity index (χ4n) is 3.61. The van der Waals surface area contributed by atoms with Gasteiger partial charge in [0.1, 0.15) is 4.91 Å². The van der Waals surface area contributed by atoms with Crippen LogP contribution in [0.1, 0.15) is 19.4 Å². The number of benzene rings is 2. The summed E-state index contributed by atoms with van der Waals surface area (Å²) in [6.07, 6.45) is 1.72. The number of carbonyl (C=O) groups is 1. The minimum Gasteiger partial charge on any atom is -0.462 e. The Kier molecular flexibility index (Phi) is 6.06. The van der Waals surface area contributed by atoms with Crippen molar-refractivity contribution in [3.8, 4) is 0 Å². The third-order valence-electron chi connectivity index (χ3n) is 5.13. The van der Waals surface area contributed by atoms with Gasteiger partial charge in [-0.2, -0.15) is 5.10 Å². The predicted molar refractivity (Wildman–Crippen MR) is 131 cm³/mol. The third-order valence-corrected chi connectivity index (χ3v) is 7.28. The van der Waals surface area contributed by atoms with Gasteiger partial charge in [-0.05, 0) is 31.5 Å². The Morgan fingerprint density at radius 2 is 1.91 bits per heavy atom. The first kappa shape index (κ1) is 21.5. The molecule has 1 aliphatic heterocycles. The van der Waals surface area contributed by atoms with Gasteiger partial charge in [-0.15, -0.1) is 0 Å². The van der Waals surface area contributed by atoms with E-state index in [1.54, 1.807) is 18.0 Å². The van der Waals surface area contributed by atoms with E-state index in [9.17, 15) is 4.79 Å². The first-order valence-electron chi connectivity index (χ1n) is 10.5. The van der Waals surface area contributed by atoms with E-state index in [2.05, 4.69) is 27.3 Å². The van der Waals surface area contributed by atoms with Crippen LogP contribution in [0.3, 0.4) is 0 Å². The zero-order valence-corrected chi connectivity index (χ0v) is 19.7. The molecule has 0 bridgehead atoms. The SMILES string of the molecule is CCOC(=O)C1=C(C)N(c2nc(SCc3ccccc3)nc3[nH]ncc23)c2ccccc2S1. The molecule has 4 aromatic rings. The minimum atomic E-state index is -0.337. The molecular formula is C24H21N5O2S2. The maximum atomic E-state index is 12.8. The Labute approximate surface area is 199 Å². The van der Waals surface area contributed by atoms with Crippen LogP contribution >= 0.6 is 23.5 Å². The topological polar surface area (TPSA) is 84.0 Å². The Hall–Kier alpha value is -3.30. The highest BCUT2D eigenvalue weighted by Gasteiger charge is 2.31. The highest BCUT2D eigenvalue weighted by molar-refractivity contribution is 8.04. The van der Waals surface area contributed by atoms with Crippen LogP contribution in [-0.2, 0) is 15.3 Å². The van der Waals surface area contributed by atoms with Crippen molar-refractivity contribution < 1.29 is 9.53 Å². The van der Waals surface area contributed by atoms with Crippen LogP contribution in [0.2, 0.25) is 0 Å². The summed E-state index contributed by atoms with van der Waals surface area (Å²) in [7, 11) is 0. The summed E-state index contributed by atoms with van der Waals surface area (Å²) < 4.78 is 5.34. The number of thioether (sulfide) groups is 2. The van der Waals surface area contributed by atoms with Crippen molar-refractivity contribution >= 4 is 52.0 Å². The number of aromatic amines is 1. The molecule has 166 valence electrons. The number of nitrogens with zero attached hydrogens (tertiary/aromatic N) is 4. The number of esters is 1. The van der Waals surface area contributed by atoms with E-state index in [1.165, 1.54) is 17.3 Å². The number of aromatic nitrogens is 4. The highest BCUT2D eigenvalue weighted by atomic mass is 32.2. The molecular weight excluding hydrogens is 454 g/mol. The number of hydrogen-bond donors (Lipinski definition) is 1. The van der Waals surface area contributed by atoms with Crippen LogP contribution in [0, 0.1) is 0 Å². The number of rotatable bonds is 6. The molecule has 0 spiro atoms. The van der Waals surface area contributed by atoms with E-state index in [0.717, 1.165) is 27.4 Å². The molecule has 2 aromatic carbocycles. The number of fused-ring (bicyclic) bond motifs is 2. The van der Waals surface area contributed by atoms with Crippen molar-refractivity contribution in [1.29, 1.82) is 0 Å². The molecule has 1 N–H and O–H groups in total. The quantitative estimate of drug-likeness (QED) is 0.216. The van der Waals surface area contributed by atoms with Crippen molar-refractivity contribution in [3.05, 3.63) is 77.0 Å². The fraction of sp³-hybridized carbons (Fsp3) is 0.167. The van der Waals surface area contributed by atoms with E-state index in [4.69, 9.17) is 9.72 Å². The van der Waals surface area contributed by atoms with E-state index in [-0.39, 0.29) is 5.97 Å². The number of para-hydroxylation sites is 1. The first-order valence-corrected chi connectivity index (χ1v) is 12.3. The Morgan fingerprint density at radius 3 is 2.73 bits per heavy atom. The van der Waals surface area contributed by atoms with Gasteiger partial charge in [0.15, 0.2) is 16.6 Å². The molecule has 0 saturated carbocycles. The van der Waals surface area contributed by atoms with Crippen LogP contribution in [-0.4, -0.2) is 32.7 Å². The average molecular weight is 476 g/mol. The van der Waals surface area contributed by atoms with E-state index in [1.807, 2.05) is 61.2 Å². The Balaban J connectivity index is 1.62. The molecule has 7 nitrogen and oxygen atoms in total. The number of H-pyrrole nitrogens is 1. The Bertz CT molecular complexity index is 1350. The lowest BCUT2D eigenvalue weighted by Crippen LogP contribution is -2.24. The van der Waals surface area contributed by atoms with Gasteiger partial charge in [0, 0.05) is 16.3 Å². The van der Waals surface area contributed by atoms with Gasteiger partial charge in [-0.1, -0.05) is 66.0 Å². The maximum Gasteiger partial charge on any atom is 0.346 e. The Morgan fingerprint density at radius 1 is 1.12 bits per heavy atom. The van der Waals surface area contributed by atoms with Gasteiger partial charge in [0.2, 0.25) is 0 Å². The molecule has 0 unspecified atom stereocenters. The van der Waals surface area contributed by atoms with Crippen LogP contribution in [0.25, 0.3) is 11.0 Å². The summed E-state index contributed by atoms with van der Waals surface area (Å²) in [4.78, 5) is 25.8. The van der Waals surface area contributed by atoms with Crippen molar-refractivity contribution in [2.75, 3.05) is 11.5 Å². The zero-order chi connectivity index (χ0) is 22.8. The van der Waals surface area contributed by atoms with E-state index < -0.39 is 0 Å². The molecule has 9 heteroatoms. The summed E-state index contributed by atoms with van der Waals surface area (Å²) in [5.41, 5.74) is 3.56. The summed E-state index contributed by atoms with van der Waals surface area (Å²) >= 11 is 2.98. The lowest BCUT2D eigenvalue weighted by molar-refractivity contribution is -0.137. The van der Waals surface area contributed by atoms with Crippen molar-refractivity contribution in [1.82, 2.24) is 20.2 Å². The monoisotopic (exact) mass is 475 g/mol. The number of nitrogens with one attached hydrogen (secondary N) is 1. The number of carbonyl (C=O) groups excluding carboxylic acids is 1. The van der Waals surface area contributed by atoms with E-state index >= 15 is 0 Å². The summed E-state index contributed by atoms with van der Waals surface area (Å²) in [5, 5.41) is 8.59. The van der Waals surface area contributed by atoms with Crippen LogP contribution < -0.4 is 4.90 Å². The number of anilines is 2. The van der Waals surface area contributed by atoms with Gasteiger partial charge in [-0.25, -0.2) is 14.8 Å². The summed E-state index contributed by atoms with van der Waals surface area (Å²) in [6.45, 7) is 4.04. The minimum absolute atomic E-state index is 0.317. The summed E-state index contributed by atoms with van der Waals surface area (Å²) in [6, 6.07) is 18.2. The van der Waals surface area contributed by atoms with Gasteiger partial charge in [0.25, 0.3) is 0 Å². The van der Waals surface area contributed by atoms with Gasteiger partial charge >= 0.3 is 5.97 Å². The maximum absolute atomic E-state index is 12.8. The predicted octanol–water partition coefficient (Wildman–Crippen LogP) is 5.68. The van der Waals surface area contributed by atoms with Crippen molar-refractivity contribution in [3.63, 3.8) is 0 Å². The zero-order valence-electron chi connectivity index (χ0n) is 18.1. The van der Waals surface area contributed by atoms with Gasteiger partial charge in [0.05, 0.1) is 23.9 Å². The molecule has 1 aliphatic rings. The normalized spacial score (nSPS) is 13.3.